The molecule has 1 N–H and O–H groups in total. The highest BCUT2D eigenvalue weighted by molar-refractivity contribution is 5.37. The number of benzene rings is 1. The van der Waals surface area contributed by atoms with E-state index >= 15 is 0 Å². The van der Waals surface area contributed by atoms with Gasteiger partial charge >= 0.3 is 0 Å². The van der Waals surface area contributed by atoms with Crippen LogP contribution in [0.15, 0.2) is 24.3 Å². The van der Waals surface area contributed by atoms with Crippen LogP contribution in [0.3, 0.4) is 0 Å². The highest BCUT2D eigenvalue weighted by atomic mass is 16.5. The summed E-state index contributed by atoms with van der Waals surface area (Å²) < 4.78 is 6.18. The Kier molecular flexibility index (Phi) is 4.84. The van der Waals surface area contributed by atoms with Crippen LogP contribution in [0.4, 0.5) is 0 Å². The summed E-state index contributed by atoms with van der Waals surface area (Å²) in [4.78, 5) is 0. The summed E-state index contributed by atoms with van der Waals surface area (Å²) in [6.07, 6.45) is 8.39. The van der Waals surface area contributed by atoms with Crippen LogP contribution in [-0.2, 0) is 6.42 Å². The smallest absolute Gasteiger partial charge is 0.123 e. The van der Waals surface area contributed by atoms with E-state index in [-0.39, 0.29) is 0 Å². The summed E-state index contributed by atoms with van der Waals surface area (Å²) in [5, 5.41) is 3.66. The van der Waals surface area contributed by atoms with E-state index in [1.807, 2.05) is 0 Å². The van der Waals surface area contributed by atoms with Crippen LogP contribution < -0.4 is 10.1 Å². The summed E-state index contributed by atoms with van der Waals surface area (Å²) in [6, 6.07) is 9.11. The molecule has 21 heavy (non-hydrogen) atoms. The lowest BCUT2D eigenvalue weighted by atomic mass is 9.85. The lowest BCUT2D eigenvalue weighted by molar-refractivity contribution is 0.164. The van der Waals surface area contributed by atoms with Crippen molar-refractivity contribution in [3.8, 4) is 5.75 Å². The summed E-state index contributed by atoms with van der Waals surface area (Å²) in [6.45, 7) is 5.64. The van der Waals surface area contributed by atoms with Gasteiger partial charge in [0.2, 0.25) is 0 Å². The Bertz CT molecular complexity index is 426. The average molecular weight is 287 g/mol. The minimum absolute atomic E-state index is 0.391. The van der Waals surface area contributed by atoms with Gasteiger partial charge < -0.3 is 10.1 Å². The first-order chi connectivity index (χ1) is 10.2. The molecule has 0 aromatic heterocycles. The molecule has 2 aliphatic rings. The summed E-state index contributed by atoms with van der Waals surface area (Å²) >= 11 is 0. The summed E-state index contributed by atoms with van der Waals surface area (Å²) in [7, 11) is 0. The van der Waals surface area contributed by atoms with E-state index in [1.165, 1.54) is 37.7 Å². The number of ether oxygens (including phenoxy) is 1. The molecule has 0 amide bonds. The van der Waals surface area contributed by atoms with Gasteiger partial charge in [-0.25, -0.2) is 0 Å². The molecule has 0 radical (unpaired) electrons. The standard InChI is InChI=1S/C19H29NO/c1-14(2)20-13-17(15-7-3-4-8-15)12-18-11-16-9-5-6-10-19(16)21-18/h5-6,9-10,14-15,17-18,20H,3-4,7-8,11-13H2,1-2H3. The van der Waals surface area contributed by atoms with Crippen LogP contribution in [0, 0.1) is 11.8 Å². The number of para-hydroxylation sites is 1. The van der Waals surface area contributed by atoms with Crippen molar-refractivity contribution in [2.24, 2.45) is 11.8 Å². The van der Waals surface area contributed by atoms with Gasteiger partial charge in [0.05, 0.1) is 0 Å². The average Bonchev–Trinajstić information content (AvgIpc) is 3.11. The molecular weight excluding hydrogens is 258 g/mol. The predicted octanol–water partition coefficient (Wildman–Crippen LogP) is 4.18. The molecule has 0 spiro atoms. The molecule has 1 aliphatic heterocycles. The van der Waals surface area contributed by atoms with Crippen LogP contribution in [-0.4, -0.2) is 18.7 Å². The molecule has 2 unspecified atom stereocenters. The third-order valence-corrected chi connectivity index (χ3v) is 5.13. The highest BCUT2D eigenvalue weighted by Gasteiger charge is 2.31. The molecule has 2 nitrogen and oxygen atoms in total. The maximum absolute atomic E-state index is 6.18. The van der Waals surface area contributed by atoms with Gasteiger partial charge in [-0.3, -0.25) is 0 Å². The van der Waals surface area contributed by atoms with Crippen LogP contribution >= 0.6 is 0 Å². The van der Waals surface area contributed by atoms with E-state index in [4.69, 9.17) is 4.74 Å². The SMILES string of the molecule is CC(C)NCC(CC1Cc2ccccc2O1)C1CCCC1. The fourth-order valence-corrected chi connectivity index (χ4v) is 3.98. The van der Waals surface area contributed by atoms with Gasteiger partial charge in [0.25, 0.3) is 0 Å². The van der Waals surface area contributed by atoms with Crippen molar-refractivity contribution in [3.05, 3.63) is 29.8 Å². The van der Waals surface area contributed by atoms with Crippen molar-refractivity contribution in [1.29, 1.82) is 0 Å². The molecule has 0 bridgehead atoms. The second-order valence-corrected chi connectivity index (χ2v) is 7.15. The zero-order chi connectivity index (χ0) is 14.7. The number of rotatable bonds is 6. The summed E-state index contributed by atoms with van der Waals surface area (Å²) in [5.41, 5.74) is 1.39. The molecule has 2 heteroatoms. The topological polar surface area (TPSA) is 21.3 Å². The number of hydrogen-bond acceptors (Lipinski definition) is 2. The fraction of sp³-hybridized carbons (Fsp3) is 0.684. The van der Waals surface area contributed by atoms with E-state index in [1.54, 1.807) is 0 Å². The van der Waals surface area contributed by atoms with E-state index in [0.29, 0.717) is 12.1 Å². The summed E-state index contributed by atoms with van der Waals surface area (Å²) in [5.74, 6) is 2.79. The first kappa shape index (κ1) is 14.9. The molecule has 3 rings (SSSR count). The van der Waals surface area contributed by atoms with E-state index in [9.17, 15) is 0 Å². The highest BCUT2D eigenvalue weighted by Crippen LogP contribution is 2.37. The third kappa shape index (κ3) is 3.79. The van der Waals surface area contributed by atoms with Gasteiger partial charge in [-0.05, 0) is 36.4 Å². The van der Waals surface area contributed by atoms with Gasteiger partial charge in [-0.15, -0.1) is 0 Å². The Morgan fingerprint density at radius 1 is 1.19 bits per heavy atom. The Balaban J connectivity index is 1.59. The monoisotopic (exact) mass is 287 g/mol. The number of fused-ring (bicyclic) bond motifs is 1. The minimum atomic E-state index is 0.391. The number of hydrogen-bond donors (Lipinski definition) is 1. The molecule has 1 aromatic carbocycles. The van der Waals surface area contributed by atoms with E-state index < -0.39 is 0 Å². The Hall–Kier alpha value is -1.02. The van der Waals surface area contributed by atoms with Crippen molar-refractivity contribution >= 4 is 0 Å². The zero-order valence-corrected chi connectivity index (χ0v) is 13.5. The van der Waals surface area contributed by atoms with Crippen molar-refractivity contribution in [1.82, 2.24) is 5.32 Å². The van der Waals surface area contributed by atoms with Crippen molar-refractivity contribution in [3.63, 3.8) is 0 Å². The predicted molar refractivity (Wildman–Crippen MR) is 87.8 cm³/mol. The Morgan fingerprint density at radius 2 is 1.95 bits per heavy atom. The quantitative estimate of drug-likeness (QED) is 0.847. The van der Waals surface area contributed by atoms with E-state index in [2.05, 4.69) is 43.4 Å². The zero-order valence-electron chi connectivity index (χ0n) is 13.5. The Labute approximate surface area is 129 Å². The van der Waals surface area contributed by atoms with Gasteiger partial charge in [0.15, 0.2) is 0 Å². The van der Waals surface area contributed by atoms with Crippen LogP contribution in [0.25, 0.3) is 0 Å². The first-order valence-corrected chi connectivity index (χ1v) is 8.70. The second-order valence-electron chi connectivity index (χ2n) is 7.15. The molecule has 1 aliphatic carbocycles. The van der Waals surface area contributed by atoms with Crippen LogP contribution in [0.1, 0.15) is 51.5 Å². The van der Waals surface area contributed by atoms with Gasteiger partial charge in [0.1, 0.15) is 11.9 Å². The van der Waals surface area contributed by atoms with Crippen LogP contribution in [0.2, 0.25) is 0 Å². The maximum Gasteiger partial charge on any atom is 0.123 e. The largest absolute Gasteiger partial charge is 0.490 e. The van der Waals surface area contributed by atoms with Crippen LogP contribution in [0.5, 0.6) is 5.75 Å². The van der Waals surface area contributed by atoms with E-state index in [0.717, 1.165) is 30.6 Å². The van der Waals surface area contributed by atoms with Crippen molar-refractivity contribution in [2.75, 3.05) is 6.54 Å². The Morgan fingerprint density at radius 3 is 2.67 bits per heavy atom. The molecule has 1 aromatic rings. The van der Waals surface area contributed by atoms with Gasteiger partial charge in [-0.1, -0.05) is 57.7 Å². The van der Waals surface area contributed by atoms with Gasteiger partial charge in [0, 0.05) is 12.5 Å². The second kappa shape index (κ2) is 6.83. The third-order valence-electron chi connectivity index (χ3n) is 5.13. The fourth-order valence-electron chi connectivity index (χ4n) is 3.98. The lowest BCUT2D eigenvalue weighted by Gasteiger charge is -2.27. The lowest BCUT2D eigenvalue weighted by Crippen LogP contribution is -2.34. The normalized spacial score (nSPS) is 23.3. The first-order valence-electron chi connectivity index (χ1n) is 8.70. The molecular formula is C19H29NO. The van der Waals surface area contributed by atoms with Gasteiger partial charge in [-0.2, -0.15) is 0 Å². The molecule has 1 fully saturated rings. The maximum atomic E-state index is 6.18. The molecule has 2 atom stereocenters. The minimum Gasteiger partial charge on any atom is -0.490 e. The number of nitrogens with one attached hydrogen (secondary N) is 1. The molecule has 1 saturated carbocycles. The van der Waals surface area contributed by atoms with Crippen molar-refractivity contribution < 1.29 is 4.74 Å². The molecule has 116 valence electrons. The van der Waals surface area contributed by atoms with Crippen molar-refractivity contribution in [2.45, 2.75) is 64.5 Å². The molecule has 1 heterocycles. The molecule has 0 saturated heterocycles.